The summed E-state index contributed by atoms with van der Waals surface area (Å²) >= 11 is 2.72. The van der Waals surface area contributed by atoms with Crippen LogP contribution in [0.1, 0.15) is 33.5 Å². The molecule has 1 aliphatic heterocycles. The molecular weight excluding hydrogens is 466 g/mol. The Hall–Kier alpha value is -3.18. The Morgan fingerprint density at radius 2 is 2.09 bits per heavy atom. The van der Waals surface area contributed by atoms with E-state index in [1.165, 1.54) is 29.2 Å². The molecule has 3 heterocycles. The summed E-state index contributed by atoms with van der Waals surface area (Å²) in [4.78, 5) is 57.6. The minimum Gasteiger partial charge on any atom is -0.482 e. The van der Waals surface area contributed by atoms with E-state index in [1.807, 2.05) is 13.8 Å². The number of carbonyl (C=O) groups is 3. The van der Waals surface area contributed by atoms with E-state index in [0.29, 0.717) is 38.8 Å². The molecule has 2 aromatic heterocycles. The molecule has 0 saturated carbocycles. The summed E-state index contributed by atoms with van der Waals surface area (Å²) in [7, 11) is 0. The number of Topliss-reactive ketones (excluding diaryl/α,β-unsaturated/α-hetero) is 1. The maximum absolute atomic E-state index is 12.4. The summed E-state index contributed by atoms with van der Waals surface area (Å²) in [5.41, 5.74) is 1.44. The number of ether oxygens (including phenoxy) is 2. The molecule has 2 N–H and O–H groups in total. The standard InChI is InChI=1S/C22H21N3O6S2/c1-10-11(2)33-21-19(10)20(28)24-17(25-21)9-32-12(3)22(29)31-7-15(26)13-4-5-16-14(6-13)23-18(27)8-30-16/h4-6,12H,7-9H2,1-3H3,(H,23,27)(H,24,25,28)/t12-/m0/s1. The molecular formula is C22H21N3O6S2. The molecule has 0 fully saturated rings. The van der Waals surface area contributed by atoms with Gasteiger partial charge in [0.15, 0.2) is 19.0 Å². The number of thioether (sulfide) groups is 1. The average molecular weight is 488 g/mol. The van der Waals surface area contributed by atoms with Gasteiger partial charge >= 0.3 is 5.97 Å². The van der Waals surface area contributed by atoms with E-state index in [1.54, 1.807) is 19.1 Å². The summed E-state index contributed by atoms with van der Waals surface area (Å²) in [6.45, 7) is 5.01. The van der Waals surface area contributed by atoms with Gasteiger partial charge in [0.25, 0.3) is 11.5 Å². The van der Waals surface area contributed by atoms with Crippen molar-refractivity contribution in [3.63, 3.8) is 0 Å². The van der Waals surface area contributed by atoms with Crippen molar-refractivity contribution >= 4 is 56.7 Å². The van der Waals surface area contributed by atoms with Crippen LogP contribution >= 0.6 is 23.1 Å². The first kappa shape index (κ1) is 23.0. The molecule has 3 aromatic rings. The van der Waals surface area contributed by atoms with Crippen LogP contribution in [0.25, 0.3) is 10.2 Å². The molecule has 11 heteroatoms. The number of ketones is 1. The zero-order chi connectivity index (χ0) is 23.7. The number of fused-ring (bicyclic) bond motifs is 2. The van der Waals surface area contributed by atoms with E-state index in [4.69, 9.17) is 9.47 Å². The number of thiophene rings is 1. The predicted molar refractivity (Wildman–Crippen MR) is 126 cm³/mol. The Labute approximate surface area is 196 Å². The number of benzene rings is 1. The van der Waals surface area contributed by atoms with Gasteiger partial charge in [-0.15, -0.1) is 23.1 Å². The molecule has 0 aliphatic carbocycles. The fourth-order valence-electron chi connectivity index (χ4n) is 3.23. The van der Waals surface area contributed by atoms with E-state index >= 15 is 0 Å². The fraction of sp³-hybridized carbons (Fsp3) is 0.318. The van der Waals surface area contributed by atoms with E-state index in [2.05, 4.69) is 15.3 Å². The molecule has 1 atom stereocenters. The monoisotopic (exact) mass is 487 g/mol. The largest absolute Gasteiger partial charge is 0.482 e. The summed E-state index contributed by atoms with van der Waals surface area (Å²) in [6, 6.07) is 4.63. The van der Waals surface area contributed by atoms with E-state index in [-0.39, 0.29) is 18.1 Å². The SMILES string of the molecule is Cc1sc2nc(CS[C@@H](C)C(=O)OCC(=O)c3ccc4c(c3)NC(=O)CO4)[nH]c(=O)c2c1C. The Morgan fingerprint density at radius 3 is 2.88 bits per heavy atom. The normalized spacial score (nSPS) is 13.7. The number of carbonyl (C=O) groups excluding carboxylic acids is 3. The van der Waals surface area contributed by atoms with Crippen LogP contribution in [-0.4, -0.2) is 46.1 Å². The summed E-state index contributed by atoms with van der Waals surface area (Å²) in [5.74, 6) is 0.0234. The van der Waals surface area contributed by atoms with Crippen molar-refractivity contribution in [2.24, 2.45) is 0 Å². The summed E-state index contributed by atoms with van der Waals surface area (Å²) in [5, 5.41) is 2.67. The maximum atomic E-state index is 12.4. The quantitative estimate of drug-likeness (QED) is 0.385. The van der Waals surface area contributed by atoms with Crippen molar-refractivity contribution in [1.29, 1.82) is 0 Å². The van der Waals surface area contributed by atoms with Crippen LogP contribution in [0, 0.1) is 13.8 Å². The average Bonchev–Trinajstić information content (AvgIpc) is 3.08. The summed E-state index contributed by atoms with van der Waals surface area (Å²) in [6.07, 6.45) is 0. The third-order valence-electron chi connectivity index (χ3n) is 5.17. The van der Waals surface area contributed by atoms with Gasteiger partial charge in [-0.05, 0) is 44.5 Å². The number of aromatic nitrogens is 2. The van der Waals surface area contributed by atoms with E-state index in [9.17, 15) is 19.2 Å². The number of hydrogen-bond acceptors (Lipinski definition) is 9. The topological polar surface area (TPSA) is 127 Å². The molecule has 1 amide bonds. The van der Waals surface area contributed by atoms with E-state index < -0.39 is 23.6 Å². The van der Waals surface area contributed by atoms with Crippen molar-refractivity contribution in [3.05, 3.63) is 50.4 Å². The van der Waals surface area contributed by atoms with Gasteiger partial charge in [0.05, 0.1) is 16.8 Å². The highest BCUT2D eigenvalue weighted by Crippen LogP contribution is 2.29. The van der Waals surface area contributed by atoms with Crippen molar-refractivity contribution in [2.75, 3.05) is 18.5 Å². The Kier molecular flexibility index (Phi) is 6.52. The third kappa shape index (κ3) is 4.93. The number of hydrogen-bond donors (Lipinski definition) is 2. The van der Waals surface area contributed by atoms with Crippen molar-refractivity contribution < 1.29 is 23.9 Å². The maximum Gasteiger partial charge on any atom is 0.319 e. The first-order valence-electron chi connectivity index (χ1n) is 10.1. The van der Waals surface area contributed by atoms with Crippen LogP contribution in [0.4, 0.5) is 5.69 Å². The number of amides is 1. The smallest absolute Gasteiger partial charge is 0.319 e. The highest BCUT2D eigenvalue weighted by molar-refractivity contribution is 7.99. The first-order valence-corrected chi connectivity index (χ1v) is 12.0. The Bertz CT molecular complexity index is 1330. The van der Waals surface area contributed by atoms with Crippen LogP contribution in [0.2, 0.25) is 0 Å². The van der Waals surface area contributed by atoms with Crippen molar-refractivity contribution in [3.8, 4) is 5.75 Å². The first-order chi connectivity index (χ1) is 15.7. The van der Waals surface area contributed by atoms with Gasteiger partial charge < -0.3 is 19.8 Å². The molecule has 0 bridgehead atoms. The van der Waals surface area contributed by atoms with Crippen LogP contribution in [0.15, 0.2) is 23.0 Å². The number of aromatic amines is 1. The third-order valence-corrected chi connectivity index (χ3v) is 7.40. The van der Waals surface area contributed by atoms with Gasteiger partial charge in [0.2, 0.25) is 0 Å². The second kappa shape index (κ2) is 9.36. The van der Waals surface area contributed by atoms with Crippen LogP contribution < -0.4 is 15.6 Å². The predicted octanol–water partition coefficient (Wildman–Crippen LogP) is 2.98. The number of nitrogens with one attached hydrogen (secondary N) is 2. The number of aryl methyl sites for hydroxylation is 2. The molecule has 33 heavy (non-hydrogen) atoms. The number of esters is 1. The zero-order valence-electron chi connectivity index (χ0n) is 18.1. The lowest BCUT2D eigenvalue weighted by molar-refractivity contribution is -0.141. The lowest BCUT2D eigenvalue weighted by Gasteiger charge is -2.18. The number of rotatable bonds is 7. The van der Waals surface area contributed by atoms with Gasteiger partial charge in [-0.2, -0.15) is 0 Å². The van der Waals surface area contributed by atoms with Crippen LogP contribution in [0.5, 0.6) is 5.75 Å². The molecule has 1 aromatic carbocycles. The molecule has 172 valence electrons. The molecule has 0 saturated heterocycles. The number of H-pyrrole nitrogens is 1. The van der Waals surface area contributed by atoms with Gasteiger partial charge in [-0.3, -0.25) is 19.2 Å². The Morgan fingerprint density at radius 1 is 1.30 bits per heavy atom. The Balaban J connectivity index is 1.32. The van der Waals surface area contributed by atoms with Gasteiger partial charge in [0, 0.05) is 10.4 Å². The van der Waals surface area contributed by atoms with Gasteiger partial charge in [-0.1, -0.05) is 0 Å². The molecule has 0 spiro atoms. The van der Waals surface area contributed by atoms with Gasteiger partial charge in [0.1, 0.15) is 21.7 Å². The van der Waals surface area contributed by atoms with Crippen LogP contribution in [0.3, 0.4) is 0 Å². The zero-order valence-corrected chi connectivity index (χ0v) is 19.8. The number of anilines is 1. The lowest BCUT2D eigenvalue weighted by Crippen LogP contribution is -2.26. The number of nitrogens with zero attached hydrogens (tertiary/aromatic N) is 1. The van der Waals surface area contributed by atoms with Crippen molar-refractivity contribution in [2.45, 2.75) is 31.8 Å². The minimum atomic E-state index is -0.568. The van der Waals surface area contributed by atoms with Crippen molar-refractivity contribution in [1.82, 2.24) is 9.97 Å². The van der Waals surface area contributed by atoms with Crippen LogP contribution in [-0.2, 0) is 20.1 Å². The molecule has 9 nitrogen and oxygen atoms in total. The van der Waals surface area contributed by atoms with E-state index in [0.717, 1.165) is 10.4 Å². The fourth-order valence-corrected chi connectivity index (χ4v) is 5.03. The molecule has 0 radical (unpaired) electrons. The summed E-state index contributed by atoms with van der Waals surface area (Å²) < 4.78 is 10.4. The minimum absolute atomic E-state index is 0.0721. The molecule has 0 unspecified atom stereocenters. The van der Waals surface area contributed by atoms with Gasteiger partial charge in [-0.25, -0.2) is 4.98 Å². The second-order valence-electron chi connectivity index (χ2n) is 7.51. The lowest BCUT2D eigenvalue weighted by atomic mass is 10.1. The highest BCUT2D eigenvalue weighted by atomic mass is 32.2. The second-order valence-corrected chi connectivity index (χ2v) is 10.0. The highest BCUT2D eigenvalue weighted by Gasteiger charge is 2.21. The molecule has 4 rings (SSSR count). The molecule has 1 aliphatic rings.